The first-order valence-corrected chi connectivity index (χ1v) is 7.53. The summed E-state index contributed by atoms with van der Waals surface area (Å²) in [5, 5.41) is 9.53. The highest BCUT2D eigenvalue weighted by molar-refractivity contribution is 5.81. The van der Waals surface area contributed by atoms with Crippen LogP contribution in [0.3, 0.4) is 0 Å². The highest BCUT2D eigenvalue weighted by Crippen LogP contribution is 2.48. The van der Waals surface area contributed by atoms with Crippen LogP contribution in [0, 0.1) is 11.3 Å². The molecule has 21 heavy (non-hydrogen) atoms. The Kier molecular flexibility index (Phi) is 3.66. The van der Waals surface area contributed by atoms with Crippen LogP contribution >= 0.6 is 0 Å². The molecule has 1 saturated carbocycles. The summed E-state index contributed by atoms with van der Waals surface area (Å²) >= 11 is 0. The predicted molar refractivity (Wildman–Crippen MR) is 76.5 cm³/mol. The molecule has 0 radical (unpaired) electrons. The molecule has 1 saturated heterocycles. The van der Waals surface area contributed by atoms with Crippen LogP contribution in [-0.2, 0) is 16.0 Å². The minimum Gasteiger partial charge on any atom is -0.481 e. The number of fused-ring (bicyclic) bond motifs is 1. The van der Waals surface area contributed by atoms with Gasteiger partial charge in [0.25, 0.3) is 0 Å². The van der Waals surface area contributed by atoms with Gasteiger partial charge in [-0.25, -0.2) is 0 Å². The maximum absolute atomic E-state index is 12.3. The van der Waals surface area contributed by atoms with Crippen molar-refractivity contribution in [3.05, 3.63) is 30.1 Å². The van der Waals surface area contributed by atoms with E-state index in [1.807, 2.05) is 18.2 Å². The molecule has 0 bridgehead atoms. The van der Waals surface area contributed by atoms with Gasteiger partial charge in [0, 0.05) is 31.4 Å². The van der Waals surface area contributed by atoms with Crippen molar-refractivity contribution in [2.24, 2.45) is 11.3 Å². The second-order valence-corrected chi connectivity index (χ2v) is 6.15. The number of carboxylic acid groups (broad SMARTS) is 1. The molecule has 5 heteroatoms. The predicted octanol–water partition coefficient (Wildman–Crippen LogP) is 1.73. The fourth-order valence-electron chi connectivity index (χ4n) is 3.77. The van der Waals surface area contributed by atoms with E-state index in [0.29, 0.717) is 32.4 Å². The van der Waals surface area contributed by atoms with Crippen molar-refractivity contribution >= 4 is 11.9 Å². The van der Waals surface area contributed by atoms with E-state index in [1.54, 1.807) is 11.1 Å². The van der Waals surface area contributed by atoms with Crippen molar-refractivity contribution in [1.29, 1.82) is 0 Å². The fraction of sp³-hybridized carbons (Fsp3) is 0.562. The van der Waals surface area contributed by atoms with Crippen LogP contribution in [0.5, 0.6) is 0 Å². The number of likely N-dealkylation sites (tertiary alicyclic amines) is 1. The van der Waals surface area contributed by atoms with Gasteiger partial charge >= 0.3 is 5.97 Å². The van der Waals surface area contributed by atoms with E-state index in [0.717, 1.165) is 18.5 Å². The van der Waals surface area contributed by atoms with Crippen molar-refractivity contribution in [3.8, 4) is 0 Å². The molecule has 2 aliphatic rings. The smallest absolute Gasteiger partial charge is 0.311 e. The molecular formula is C16H20N2O3. The normalized spacial score (nSPS) is 27.6. The van der Waals surface area contributed by atoms with Crippen molar-refractivity contribution < 1.29 is 14.7 Å². The van der Waals surface area contributed by atoms with Crippen LogP contribution in [0.15, 0.2) is 24.4 Å². The van der Waals surface area contributed by atoms with E-state index in [-0.39, 0.29) is 11.8 Å². The number of hydrogen-bond donors (Lipinski definition) is 1. The highest BCUT2D eigenvalue weighted by Gasteiger charge is 2.55. The van der Waals surface area contributed by atoms with Gasteiger partial charge < -0.3 is 10.0 Å². The Morgan fingerprint density at radius 3 is 2.95 bits per heavy atom. The van der Waals surface area contributed by atoms with Gasteiger partial charge in [-0.1, -0.05) is 12.5 Å². The Morgan fingerprint density at radius 2 is 2.29 bits per heavy atom. The van der Waals surface area contributed by atoms with Gasteiger partial charge in [-0.05, 0) is 37.3 Å². The first-order chi connectivity index (χ1) is 10.1. The van der Waals surface area contributed by atoms with Crippen molar-refractivity contribution in [2.45, 2.75) is 32.1 Å². The topological polar surface area (TPSA) is 70.5 Å². The summed E-state index contributed by atoms with van der Waals surface area (Å²) in [6.45, 7) is 0.988. The molecule has 2 atom stereocenters. The van der Waals surface area contributed by atoms with Gasteiger partial charge in [0.05, 0.1) is 5.41 Å². The third-order valence-electron chi connectivity index (χ3n) is 4.97. The van der Waals surface area contributed by atoms with E-state index in [4.69, 9.17) is 0 Å². The summed E-state index contributed by atoms with van der Waals surface area (Å²) in [6.07, 6.45) is 5.33. The maximum atomic E-state index is 12.3. The number of aromatic nitrogens is 1. The van der Waals surface area contributed by atoms with Crippen molar-refractivity contribution in [3.63, 3.8) is 0 Å². The third kappa shape index (κ3) is 2.52. The number of carbonyl (C=O) groups is 2. The molecule has 0 unspecified atom stereocenters. The Hall–Kier alpha value is -1.91. The molecule has 5 nitrogen and oxygen atoms in total. The summed E-state index contributed by atoms with van der Waals surface area (Å²) in [7, 11) is 0. The number of aliphatic carboxylic acids is 1. The lowest BCUT2D eigenvalue weighted by Crippen LogP contribution is -2.37. The average Bonchev–Trinajstić information content (AvgIpc) is 3.03. The van der Waals surface area contributed by atoms with Gasteiger partial charge in [0.15, 0.2) is 0 Å². The van der Waals surface area contributed by atoms with E-state index in [1.165, 1.54) is 0 Å². The molecule has 1 aromatic heterocycles. The number of rotatable bonds is 4. The molecule has 3 rings (SSSR count). The first kappa shape index (κ1) is 14.0. The van der Waals surface area contributed by atoms with Crippen LogP contribution in [-0.4, -0.2) is 40.0 Å². The van der Waals surface area contributed by atoms with Crippen LogP contribution in [0.1, 0.15) is 31.4 Å². The van der Waals surface area contributed by atoms with Crippen LogP contribution < -0.4 is 0 Å². The number of amides is 1. The number of carboxylic acids is 1. The largest absolute Gasteiger partial charge is 0.481 e. The number of aryl methyl sites for hydroxylation is 1. The zero-order chi connectivity index (χ0) is 14.9. The fourth-order valence-corrected chi connectivity index (χ4v) is 3.77. The Morgan fingerprint density at radius 1 is 1.43 bits per heavy atom. The van der Waals surface area contributed by atoms with Crippen molar-refractivity contribution in [1.82, 2.24) is 9.88 Å². The minimum absolute atomic E-state index is 0.0516. The number of carbonyl (C=O) groups excluding carboxylic acids is 1. The van der Waals surface area contributed by atoms with Crippen LogP contribution in [0.25, 0.3) is 0 Å². The number of nitrogens with zero attached hydrogens (tertiary/aromatic N) is 2. The molecule has 1 aliphatic heterocycles. The van der Waals surface area contributed by atoms with E-state index >= 15 is 0 Å². The highest BCUT2D eigenvalue weighted by atomic mass is 16.4. The van der Waals surface area contributed by atoms with E-state index in [9.17, 15) is 14.7 Å². The SMILES string of the molecule is O=C(CCc1ccccn1)N1C[C@@H]2CCC[C@@]2(C(=O)O)C1. The summed E-state index contributed by atoms with van der Waals surface area (Å²) in [6, 6.07) is 5.67. The lowest BCUT2D eigenvalue weighted by Gasteiger charge is -2.23. The first-order valence-electron chi connectivity index (χ1n) is 7.53. The summed E-state index contributed by atoms with van der Waals surface area (Å²) in [4.78, 5) is 29.9. The molecule has 2 heterocycles. The van der Waals surface area contributed by atoms with Gasteiger partial charge in [0.1, 0.15) is 0 Å². The van der Waals surface area contributed by atoms with Gasteiger partial charge in [-0.2, -0.15) is 0 Å². The minimum atomic E-state index is -0.731. The zero-order valence-electron chi connectivity index (χ0n) is 12.0. The second kappa shape index (κ2) is 5.47. The molecule has 2 fully saturated rings. The summed E-state index contributed by atoms with van der Waals surface area (Å²) in [5.74, 6) is -0.547. The standard InChI is InChI=1S/C16H20N2O3/c19-14(7-6-13-5-1-2-9-17-13)18-10-12-4-3-8-16(12,11-18)15(20)21/h1-2,5,9,12H,3-4,6-8,10-11H2,(H,20,21)/t12-,16+/m0/s1. The molecule has 112 valence electrons. The Labute approximate surface area is 124 Å². The molecule has 1 N–H and O–H groups in total. The summed E-state index contributed by atoms with van der Waals surface area (Å²) in [5.41, 5.74) is 0.221. The monoisotopic (exact) mass is 288 g/mol. The van der Waals surface area contributed by atoms with Gasteiger partial charge in [0.2, 0.25) is 5.91 Å². The van der Waals surface area contributed by atoms with Gasteiger partial charge in [-0.15, -0.1) is 0 Å². The quantitative estimate of drug-likeness (QED) is 0.916. The molecule has 1 aromatic rings. The molecular weight excluding hydrogens is 268 g/mol. The molecule has 0 aromatic carbocycles. The summed E-state index contributed by atoms with van der Waals surface area (Å²) < 4.78 is 0. The molecule has 0 spiro atoms. The van der Waals surface area contributed by atoms with E-state index < -0.39 is 11.4 Å². The third-order valence-corrected chi connectivity index (χ3v) is 4.97. The van der Waals surface area contributed by atoms with Crippen LogP contribution in [0.2, 0.25) is 0 Å². The Balaban J connectivity index is 1.61. The number of pyridine rings is 1. The van der Waals surface area contributed by atoms with Gasteiger partial charge in [-0.3, -0.25) is 14.6 Å². The Bertz CT molecular complexity index is 546. The second-order valence-electron chi connectivity index (χ2n) is 6.15. The maximum Gasteiger partial charge on any atom is 0.311 e. The lowest BCUT2D eigenvalue weighted by molar-refractivity contribution is -0.149. The molecule has 1 amide bonds. The molecule has 1 aliphatic carbocycles. The lowest BCUT2D eigenvalue weighted by atomic mass is 9.81. The van der Waals surface area contributed by atoms with Crippen molar-refractivity contribution in [2.75, 3.05) is 13.1 Å². The number of hydrogen-bond acceptors (Lipinski definition) is 3. The van der Waals surface area contributed by atoms with E-state index in [2.05, 4.69) is 4.98 Å². The average molecular weight is 288 g/mol. The zero-order valence-corrected chi connectivity index (χ0v) is 12.0. The van der Waals surface area contributed by atoms with Crippen LogP contribution in [0.4, 0.5) is 0 Å².